The fraction of sp³-hybridized carbons (Fsp3) is 0.400. The minimum absolute atomic E-state index is 0.432. The Hall–Kier alpha value is -0.570. The van der Waals surface area contributed by atoms with Crippen molar-refractivity contribution in [1.29, 1.82) is 0 Å². The smallest absolute Gasteiger partial charge is 0.140 e. The van der Waals surface area contributed by atoms with Crippen LogP contribution in [-0.2, 0) is 5.67 Å². The Kier molecular flexibility index (Phi) is 2.06. The average molecular weight is 245 g/mol. The van der Waals surface area contributed by atoms with Gasteiger partial charge in [-0.2, -0.15) is 0 Å². The topological polar surface area (TPSA) is 9.23 Å². The van der Waals surface area contributed by atoms with Crippen LogP contribution in [0.5, 0.6) is 5.75 Å². The number of fused-ring (bicyclic) bond motifs is 1. The molecule has 0 bridgehead atoms. The Bertz CT molecular complexity index is 336. The van der Waals surface area contributed by atoms with Gasteiger partial charge >= 0.3 is 0 Å². The van der Waals surface area contributed by atoms with E-state index in [0.29, 0.717) is 24.3 Å². The van der Waals surface area contributed by atoms with Crippen LogP contribution in [-0.4, -0.2) is 6.61 Å². The molecule has 0 saturated carbocycles. The molecule has 1 aliphatic rings. The minimum atomic E-state index is -1.24. The third-order valence-electron chi connectivity index (χ3n) is 2.33. The number of hydrogen-bond donors (Lipinski definition) is 0. The Morgan fingerprint density at radius 3 is 3.08 bits per heavy atom. The SMILES string of the molecule is CC1(F)CCOc2cc(Br)ccc21. The van der Waals surface area contributed by atoms with E-state index in [1.165, 1.54) is 0 Å². The highest BCUT2D eigenvalue weighted by atomic mass is 79.9. The molecule has 0 N–H and O–H groups in total. The number of alkyl halides is 1. The lowest BCUT2D eigenvalue weighted by molar-refractivity contribution is 0.110. The van der Waals surface area contributed by atoms with Crippen molar-refractivity contribution in [3.05, 3.63) is 28.2 Å². The van der Waals surface area contributed by atoms with Crippen molar-refractivity contribution in [2.75, 3.05) is 6.61 Å². The molecule has 0 aliphatic carbocycles. The zero-order valence-electron chi connectivity index (χ0n) is 7.31. The minimum Gasteiger partial charge on any atom is -0.493 e. The molecular formula is C10H10BrFO. The normalized spacial score (nSPS) is 26.4. The van der Waals surface area contributed by atoms with Gasteiger partial charge in [0, 0.05) is 16.5 Å². The molecule has 13 heavy (non-hydrogen) atoms. The maximum absolute atomic E-state index is 13.9. The summed E-state index contributed by atoms with van der Waals surface area (Å²) in [6, 6.07) is 5.43. The molecule has 0 saturated heterocycles. The highest BCUT2D eigenvalue weighted by Crippen LogP contribution is 2.40. The average Bonchev–Trinajstić information content (AvgIpc) is 2.02. The molecule has 0 radical (unpaired) electrons. The molecule has 1 atom stereocenters. The van der Waals surface area contributed by atoms with Gasteiger partial charge in [0.2, 0.25) is 0 Å². The summed E-state index contributed by atoms with van der Waals surface area (Å²) < 4.78 is 20.2. The Labute approximate surface area is 85.0 Å². The van der Waals surface area contributed by atoms with Gasteiger partial charge in [-0.15, -0.1) is 0 Å². The van der Waals surface area contributed by atoms with Crippen molar-refractivity contribution in [3.63, 3.8) is 0 Å². The van der Waals surface area contributed by atoms with Gasteiger partial charge in [0.15, 0.2) is 0 Å². The van der Waals surface area contributed by atoms with Crippen molar-refractivity contribution in [2.45, 2.75) is 19.0 Å². The third-order valence-corrected chi connectivity index (χ3v) is 2.83. The molecule has 2 rings (SSSR count). The van der Waals surface area contributed by atoms with E-state index in [2.05, 4.69) is 15.9 Å². The standard InChI is InChI=1S/C10H10BrFO/c1-10(12)4-5-13-9-6-7(11)2-3-8(9)10/h2-3,6H,4-5H2,1H3. The monoisotopic (exact) mass is 244 g/mol. The lowest BCUT2D eigenvalue weighted by Crippen LogP contribution is -2.25. The Morgan fingerprint density at radius 1 is 1.54 bits per heavy atom. The summed E-state index contributed by atoms with van der Waals surface area (Å²) >= 11 is 3.33. The largest absolute Gasteiger partial charge is 0.493 e. The van der Waals surface area contributed by atoms with E-state index in [4.69, 9.17) is 4.74 Å². The van der Waals surface area contributed by atoms with Crippen LogP contribution in [0.3, 0.4) is 0 Å². The van der Waals surface area contributed by atoms with Crippen LogP contribution in [0.1, 0.15) is 18.9 Å². The van der Waals surface area contributed by atoms with Crippen LogP contribution in [0.2, 0.25) is 0 Å². The fourth-order valence-corrected chi connectivity index (χ4v) is 1.87. The molecule has 1 aromatic rings. The summed E-state index contributed by atoms with van der Waals surface area (Å²) in [6.07, 6.45) is 0.432. The van der Waals surface area contributed by atoms with Crippen LogP contribution < -0.4 is 4.74 Å². The zero-order valence-corrected chi connectivity index (χ0v) is 8.90. The summed E-state index contributed by atoms with van der Waals surface area (Å²) in [5.74, 6) is 0.658. The quantitative estimate of drug-likeness (QED) is 0.680. The molecule has 3 heteroatoms. The number of rotatable bonds is 0. The van der Waals surface area contributed by atoms with E-state index in [-0.39, 0.29) is 0 Å². The highest BCUT2D eigenvalue weighted by molar-refractivity contribution is 9.10. The second kappa shape index (κ2) is 2.98. The van der Waals surface area contributed by atoms with Gasteiger partial charge in [-0.05, 0) is 19.1 Å². The zero-order chi connectivity index (χ0) is 9.47. The van der Waals surface area contributed by atoms with Gasteiger partial charge in [-0.3, -0.25) is 0 Å². The first-order chi connectivity index (χ1) is 6.09. The lowest BCUT2D eigenvalue weighted by Gasteiger charge is -2.28. The van der Waals surface area contributed by atoms with Crippen molar-refractivity contribution >= 4 is 15.9 Å². The summed E-state index contributed by atoms with van der Waals surface area (Å²) in [4.78, 5) is 0. The first-order valence-corrected chi connectivity index (χ1v) is 5.01. The van der Waals surface area contributed by atoms with Crippen molar-refractivity contribution in [3.8, 4) is 5.75 Å². The predicted molar refractivity (Wildman–Crippen MR) is 52.7 cm³/mol. The lowest BCUT2D eigenvalue weighted by atomic mass is 9.92. The van der Waals surface area contributed by atoms with E-state index in [1.54, 1.807) is 13.0 Å². The molecule has 0 spiro atoms. The van der Waals surface area contributed by atoms with Gasteiger partial charge in [-0.25, -0.2) is 4.39 Å². The predicted octanol–water partition coefficient (Wildman–Crippen LogP) is 3.42. The van der Waals surface area contributed by atoms with Crippen LogP contribution in [0, 0.1) is 0 Å². The van der Waals surface area contributed by atoms with Gasteiger partial charge in [0.05, 0.1) is 6.61 Å². The van der Waals surface area contributed by atoms with Crippen LogP contribution in [0.4, 0.5) is 4.39 Å². The molecular weight excluding hydrogens is 235 g/mol. The van der Waals surface area contributed by atoms with Crippen LogP contribution >= 0.6 is 15.9 Å². The molecule has 1 aliphatic heterocycles. The van der Waals surface area contributed by atoms with Crippen molar-refractivity contribution in [2.24, 2.45) is 0 Å². The van der Waals surface area contributed by atoms with Crippen LogP contribution in [0.15, 0.2) is 22.7 Å². The van der Waals surface area contributed by atoms with Crippen molar-refractivity contribution < 1.29 is 9.13 Å². The summed E-state index contributed by atoms with van der Waals surface area (Å²) in [6.45, 7) is 2.05. The summed E-state index contributed by atoms with van der Waals surface area (Å²) in [5.41, 5.74) is -0.587. The molecule has 0 fully saturated rings. The first kappa shape index (κ1) is 9.00. The highest BCUT2D eigenvalue weighted by Gasteiger charge is 2.32. The van der Waals surface area contributed by atoms with E-state index in [1.807, 2.05) is 12.1 Å². The molecule has 1 aromatic carbocycles. The molecule has 1 heterocycles. The molecule has 0 amide bonds. The van der Waals surface area contributed by atoms with E-state index < -0.39 is 5.67 Å². The summed E-state index contributed by atoms with van der Waals surface area (Å²) in [7, 11) is 0. The van der Waals surface area contributed by atoms with Gasteiger partial charge in [0.25, 0.3) is 0 Å². The molecule has 1 nitrogen and oxygen atoms in total. The van der Waals surface area contributed by atoms with Crippen molar-refractivity contribution in [1.82, 2.24) is 0 Å². The Morgan fingerprint density at radius 2 is 2.31 bits per heavy atom. The van der Waals surface area contributed by atoms with Gasteiger partial charge in [0.1, 0.15) is 11.4 Å². The maximum atomic E-state index is 13.9. The van der Waals surface area contributed by atoms with E-state index >= 15 is 0 Å². The number of benzene rings is 1. The molecule has 0 aromatic heterocycles. The van der Waals surface area contributed by atoms with E-state index in [0.717, 1.165) is 4.47 Å². The van der Waals surface area contributed by atoms with Gasteiger partial charge in [-0.1, -0.05) is 22.0 Å². The molecule has 70 valence electrons. The van der Waals surface area contributed by atoms with Gasteiger partial charge < -0.3 is 4.74 Å². The Balaban J connectivity index is 2.53. The summed E-state index contributed by atoms with van der Waals surface area (Å²) in [5, 5.41) is 0. The number of hydrogen-bond acceptors (Lipinski definition) is 1. The second-order valence-corrected chi connectivity index (χ2v) is 4.35. The maximum Gasteiger partial charge on any atom is 0.140 e. The third kappa shape index (κ3) is 1.57. The van der Waals surface area contributed by atoms with E-state index in [9.17, 15) is 4.39 Å². The fourth-order valence-electron chi connectivity index (χ4n) is 1.53. The van der Waals surface area contributed by atoms with Crippen LogP contribution in [0.25, 0.3) is 0 Å². The molecule has 1 unspecified atom stereocenters. The number of halogens is 2. The number of ether oxygens (including phenoxy) is 1. The first-order valence-electron chi connectivity index (χ1n) is 4.21. The second-order valence-electron chi connectivity index (χ2n) is 3.44.